The normalized spacial score (nSPS) is 10.7. The number of thioether (sulfide) groups is 1. The molecule has 0 saturated carbocycles. The molecular formula is C17H21ClN4O3S. The van der Waals surface area contributed by atoms with E-state index in [1.807, 2.05) is 13.8 Å². The minimum atomic E-state index is -0.526. The highest BCUT2D eigenvalue weighted by atomic mass is 35.5. The Labute approximate surface area is 160 Å². The second-order valence-electron chi connectivity index (χ2n) is 5.61. The number of benzene rings is 1. The first kappa shape index (κ1) is 20.3. The molecule has 0 bridgehead atoms. The molecule has 0 aliphatic carbocycles. The van der Waals surface area contributed by atoms with E-state index in [0.29, 0.717) is 34.2 Å². The molecular weight excluding hydrogens is 376 g/mol. The van der Waals surface area contributed by atoms with Gasteiger partial charge in [0.1, 0.15) is 0 Å². The number of hydrogen-bond acceptors (Lipinski definition) is 5. The van der Waals surface area contributed by atoms with Gasteiger partial charge in [-0.25, -0.2) is 9.78 Å². The fraction of sp³-hybridized carbons (Fsp3) is 0.412. The zero-order valence-electron chi connectivity index (χ0n) is 14.7. The zero-order valence-corrected chi connectivity index (χ0v) is 16.2. The number of urea groups is 1. The molecule has 1 heterocycles. The molecule has 3 amide bonds. The van der Waals surface area contributed by atoms with E-state index in [9.17, 15) is 14.4 Å². The van der Waals surface area contributed by atoms with Crippen molar-refractivity contribution in [1.82, 2.24) is 20.2 Å². The highest BCUT2D eigenvalue weighted by Crippen LogP contribution is 2.20. The number of fused-ring (bicyclic) bond motifs is 1. The summed E-state index contributed by atoms with van der Waals surface area (Å²) in [6, 6.07) is 4.40. The molecule has 1 aromatic heterocycles. The number of aromatic nitrogens is 2. The van der Waals surface area contributed by atoms with Crippen LogP contribution >= 0.6 is 23.4 Å². The van der Waals surface area contributed by atoms with Gasteiger partial charge in [0.25, 0.3) is 5.56 Å². The van der Waals surface area contributed by atoms with Crippen LogP contribution in [-0.4, -0.2) is 33.8 Å². The van der Waals surface area contributed by atoms with Crippen molar-refractivity contribution >= 4 is 46.2 Å². The van der Waals surface area contributed by atoms with Crippen LogP contribution in [0.15, 0.2) is 28.2 Å². The summed E-state index contributed by atoms with van der Waals surface area (Å²) in [6.07, 6.45) is 1.53. The van der Waals surface area contributed by atoms with Crippen molar-refractivity contribution in [2.45, 2.75) is 38.4 Å². The SMILES string of the molecule is CCCNC(=O)NC(=O)CSc1nc2cc(Cl)ccc2c(=O)n1CCC. The average Bonchev–Trinajstić information content (AvgIpc) is 2.60. The number of amides is 3. The average molecular weight is 397 g/mol. The van der Waals surface area contributed by atoms with Gasteiger partial charge in [0, 0.05) is 18.1 Å². The van der Waals surface area contributed by atoms with Gasteiger partial charge < -0.3 is 5.32 Å². The standard InChI is InChI=1S/C17H21ClN4O3S/c1-3-7-19-16(25)21-14(23)10-26-17-20-13-9-11(18)5-6-12(13)15(24)22(17)8-4-2/h5-6,9H,3-4,7-8,10H2,1-2H3,(H2,19,21,23,25). The molecule has 0 radical (unpaired) electrons. The fourth-order valence-corrected chi connectivity index (χ4v) is 3.27. The molecule has 2 rings (SSSR count). The number of rotatable bonds is 7. The summed E-state index contributed by atoms with van der Waals surface area (Å²) in [5.41, 5.74) is 0.315. The molecule has 0 aliphatic rings. The monoisotopic (exact) mass is 396 g/mol. The van der Waals surface area contributed by atoms with Gasteiger partial charge in [-0.3, -0.25) is 19.5 Å². The van der Waals surface area contributed by atoms with E-state index in [-0.39, 0.29) is 11.3 Å². The molecule has 7 nitrogen and oxygen atoms in total. The van der Waals surface area contributed by atoms with E-state index in [0.717, 1.165) is 24.6 Å². The molecule has 0 aliphatic heterocycles. The second kappa shape index (κ2) is 9.59. The van der Waals surface area contributed by atoms with Gasteiger partial charge in [-0.05, 0) is 31.0 Å². The van der Waals surface area contributed by atoms with Crippen LogP contribution in [0.3, 0.4) is 0 Å². The Bertz CT molecular complexity index is 869. The van der Waals surface area contributed by atoms with Crippen molar-refractivity contribution in [3.63, 3.8) is 0 Å². The summed E-state index contributed by atoms with van der Waals surface area (Å²) in [5.74, 6) is -0.478. The van der Waals surface area contributed by atoms with E-state index >= 15 is 0 Å². The van der Waals surface area contributed by atoms with Crippen molar-refractivity contribution in [2.24, 2.45) is 0 Å². The van der Waals surface area contributed by atoms with Gasteiger partial charge in [-0.2, -0.15) is 0 Å². The zero-order chi connectivity index (χ0) is 19.1. The molecule has 0 fully saturated rings. The van der Waals surface area contributed by atoms with Gasteiger partial charge in [-0.15, -0.1) is 0 Å². The Balaban J connectivity index is 2.19. The third kappa shape index (κ3) is 5.22. The van der Waals surface area contributed by atoms with Crippen LogP contribution in [0.25, 0.3) is 10.9 Å². The number of carbonyl (C=O) groups excluding carboxylic acids is 2. The molecule has 140 valence electrons. The van der Waals surface area contributed by atoms with Crippen molar-refractivity contribution in [1.29, 1.82) is 0 Å². The quantitative estimate of drug-likeness (QED) is 0.554. The summed E-state index contributed by atoms with van der Waals surface area (Å²) in [4.78, 5) is 40.6. The number of halogens is 1. The Kier molecular flexibility index (Phi) is 7.47. The van der Waals surface area contributed by atoms with Crippen LogP contribution in [0.2, 0.25) is 5.02 Å². The molecule has 0 saturated heterocycles. The topological polar surface area (TPSA) is 93.1 Å². The van der Waals surface area contributed by atoms with E-state index in [1.165, 1.54) is 0 Å². The second-order valence-corrected chi connectivity index (χ2v) is 6.98. The van der Waals surface area contributed by atoms with Crippen LogP contribution < -0.4 is 16.2 Å². The first-order valence-corrected chi connectivity index (χ1v) is 9.73. The fourth-order valence-electron chi connectivity index (χ4n) is 2.28. The molecule has 0 spiro atoms. The first-order chi connectivity index (χ1) is 12.5. The minimum Gasteiger partial charge on any atom is -0.338 e. The Morgan fingerprint density at radius 3 is 2.73 bits per heavy atom. The lowest BCUT2D eigenvalue weighted by Crippen LogP contribution is -2.40. The minimum absolute atomic E-state index is 0.0260. The highest BCUT2D eigenvalue weighted by molar-refractivity contribution is 7.99. The molecule has 2 aromatic rings. The third-order valence-electron chi connectivity index (χ3n) is 3.45. The molecule has 26 heavy (non-hydrogen) atoms. The van der Waals surface area contributed by atoms with E-state index in [2.05, 4.69) is 15.6 Å². The summed E-state index contributed by atoms with van der Waals surface area (Å²) in [6.45, 7) is 4.86. The van der Waals surface area contributed by atoms with Crippen molar-refractivity contribution in [2.75, 3.05) is 12.3 Å². The van der Waals surface area contributed by atoms with Gasteiger partial charge in [-0.1, -0.05) is 37.2 Å². The lowest BCUT2D eigenvalue weighted by molar-refractivity contribution is -0.117. The number of carbonyl (C=O) groups is 2. The number of nitrogens with one attached hydrogen (secondary N) is 2. The number of hydrogen-bond donors (Lipinski definition) is 2. The van der Waals surface area contributed by atoms with Crippen LogP contribution in [0.4, 0.5) is 4.79 Å². The lowest BCUT2D eigenvalue weighted by Gasteiger charge is -2.12. The predicted molar refractivity (Wildman–Crippen MR) is 104 cm³/mol. The Morgan fingerprint density at radius 1 is 1.27 bits per heavy atom. The van der Waals surface area contributed by atoms with Gasteiger partial charge in [0.2, 0.25) is 5.91 Å². The summed E-state index contributed by atoms with van der Waals surface area (Å²) in [5, 5.41) is 6.21. The Morgan fingerprint density at radius 2 is 2.04 bits per heavy atom. The maximum Gasteiger partial charge on any atom is 0.321 e. The molecule has 1 aromatic carbocycles. The molecule has 9 heteroatoms. The smallest absolute Gasteiger partial charge is 0.321 e. The van der Waals surface area contributed by atoms with E-state index in [1.54, 1.807) is 22.8 Å². The summed E-state index contributed by atoms with van der Waals surface area (Å²) < 4.78 is 1.55. The van der Waals surface area contributed by atoms with Gasteiger partial charge in [0.05, 0.1) is 16.7 Å². The molecule has 0 atom stereocenters. The first-order valence-electron chi connectivity index (χ1n) is 8.36. The van der Waals surface area contributed by atoms with Crippen LogP contribution in [-0.2, 0) is 11.3 Å². The van der Waals surface area contributed by atoms with E-state index in [4.69, 9.17) is 11.6 Å². The predicted octanol–water partition coefficient (Wildman–Crippen LogP) is 2.79. The summed E-state index contributed by atoms with van der Waals surface area (Å²) >= 11 is 7.10. The third-order valence-corrected chi connectivity index (χ3v) is 4.66. The Hall–Kier alpha value is -2.06. The molecule has 2 N–H and O–H groups in total. The van der Waals surface area contributed by atoms with Crippen LogP contribution in [0.1, 0.15) is 26.7 Å². The van der Waals surface area contributed by atoms with Crippen molar-refractivity contribution < 1.29 is 9.59 Å². The number of nitrogens with zero attached hydrogens (tertiary/aromatic N) is 2. The largest absolute Gasteiger partial charge is 0.338 e. The lowest BCUT2D eigenvalue weighted by atomic mass is 10.2. The van der Waals surface area contributed by atoms with Crippen molar-refractivity contribution in [3.8, 4) is 0 Å². The van der Waals surface area contributed by atoms with Crippen LogP contribution in [0, 0.1) is 0 Å². The number of imide groups is 1. The maximum absolute atomic E-state index is 12.7. The van der Waals surface area contributed by atoms with E-state index < -0.39 is 11.9 Å². The van der Waals surface area contributed by atoms with Crippen LogP contribution in [0.5, 0.6) is 0 Å². The van der Waals surface area contributed by atoms with Gasteiger partial charge in [0.15, 0.2) is 5.16 Å². The molecule has 0 unspecified atom stereocenters. The highest BCUT2D eigenvalue weighted by Gasteiger charge is 2.14. The summed E-state index contributed by atoms with van der Waals surface area (Å²) in [7, 11) is 0. The van der Waals surface area contributed by atoms with Crippen molar-refractivity contribution in [3.05, 3.63) is 33.6 Å². The van der Waals surface area contributed by atoms with Gasteiger partial charge >= 0.3 is 6.03 Å². The maximum atomic E-state index is 12.7.